The van der Waals surface area contributed by atoms with Crippen LogP contribution in [-0.4, -0.2) is 28.5 Å². The zero-order valence-corrected chi connectivity index (χ0v) is 16.7. The molecule has 0 heterocycles. The molecule has 0 aromatic carbocycles. The van der Waals surface area contributed by atoms with E-state index >= 15 is 0 Å². The smallest absolute Gasteiger partial charge is 0.241 e. The molecule has 0 aliphatic rings. The first-order valence-corrected chi connectivity index (χ1v) is 10.3. The Kier molecular flexibility index (Phi) is 17.8. The van der Waals surface area contributed by atoms with E-state index in [2.05, 4.69) is 13.0 Å². The van der Waals surface area contributed by atoms with E-state index in [0.717, 1.165) is 57.8 Å². The van der Waals surface area contributed by atoms with Crippen molar-refractivity contribution in [2.75, 3.05) is 0 Å². The fraction of sp³-hybridized carbons (Fsp3) is 0.682. The first-order valence-electron chi connectivity index (χ1n) is 10.3. The van der Waals surface area contributed by atoms with Crippen molar-refractivity contribution in [2.24, 2.45) is 0 Å². The lowest BCUT2D eigenvalue weighted by molar-refractivity contribution is -0.533. The highest BCUT2D eigenvalue weighted by molar-refractivity contribution is 5.50. The number of aliphatic hydroxyl groups excluding tert-OH is 1. The fourth-order valence-corrected chi connectivity index (χ4v) is 2.73. The predicted octanol–water partition coefficient (Wildman–Crippen LogP) is 5.47. The monoisotopic (exact) mass is 378 g/mol. The molecular formula is C22H36NO4. The van der Waals surface area contributed by atoms with E-state index in [4.69, 9.17) is 0 Å². The van der Waals surface area contributed by atoms with Crippen LogP contribution in [0.4, 0.5) is 0 Å². The molecule has 0 aliphatic carbocycles. The molecule has 0 spiro atoms. The molecule has 0 rings (SSSR count). The lowest BCUT2D eigenvalue weighted by atomic mass is 10.0. The minimum Gasteiger partial charge on any atom is -0.386 e. The molecule has 0 aliphatic heterocycles. The van der Waals surface area contributed by atoms with Crippen molar-refractivity contribution in [3.05, 3.63) is 46.6 Å². The van der Waals surface area contributed by atoms with Crippen LogP contribution in [0.1, 0.15) is 84.0 Å². The maximum Gasteiger partial charge on any atom is 0.241 e. The summed E-state index contributed by atoms with van der Waals surface area (Å²) in [4.78, 5) is 20.8. The number of aliphatic hydroxyl groups is 1. The van der Waals surface area contributed by atoms with Crippen molar-refractivity contribution in [1.29, 1.82) is 0 Å². The minimum atomic E-state index is -0.911. The summed E-state index contributed by atoms with van der Waals surface area (Å²) in [7, 11) is 0. The van der Waals surface area contributed by atoms with Crippen molar-refractivity contribution in [3.63, 3.8) is 0 Å². The summed E-state index contributed by atoms with van der Waals surface area (Å²) < 4.78 is 0. The number of hydrogen-bond acceptors (Lipinski definition) is 4. The largest absolute Gasteiger partial charge is 0.386 e. The highest BCUT2D eigenvalue weighted by Crippen LogP contribution is 2.12. The van der Waals surface area contributed by atoms with E-state index in [0.29, 0.717) is 12.8 Å². The average molecular weight is 379 g/mol. The summed E-state index contributed by atoms with van der Waals surface area (Å²) in [6.07, 6.45) is 23.1. The molecule has 2 atom stereocenters. The van der Waals surface area contributed by atoms with Crippen LogP contribution >= 0.6 is 0 Å². The van der Waals surface area contributed by atoms with Crippen molar-refractivity contribution in [3.8, 4) is 0 Å². The van der Waals surface area contributed by atoms with Crippen LogP contribution in [0.2, 0.25) is 0 Å². The summed E-state index contributed by atoms with van der Waals surface area (Å²) in [5.41, 5.74) is 0. The van der Waals surface area contributed by atoms with Crippen LogP contribution in [0, 0.1) is 10.1 Å². The molecule has 1 N–H and O–H groups in total. The average Bonchev–Trinajstić information content (AvgIpc) is 2.64. The number of hydrogen-bond donors (Lipinski definition) is 1. The molecule has 27 heavy (non-hydrogen) atoms. The number of nitro groups is 1. The summed E-state index contributed by atoms with van der Waals surface area (Å²) in [5.74, 6) is 0. The van der Waals surface area contributed by atoms with Crippen molar-refractivity contribution < 1.29 is 14.8 Å². The molecule has 1 radical (unpaired) electrons. The van der Waals surface area contributed by atoms with Crippen molar-refractivity contribution in [2.45, 2.75) is 96.1 Å². The Hall–Kier alpha value is -1.75. The van der Waals surface area contributed by atoms with Gasteiger partial charge in [-0.1, -0.05) is 75.5 Å². The van der Waals surface area contributed by atoms with Gasteiger partial charge in [0.25, 0.3) is 0 Å². The Labute approximate surface area is 164 Å². The van der Waals surface area contributed by atoms with Crippen LogP contribution in [0.3, 0.4) is 0 Å². The summed E-state index contributed by atoms with van der Waals surface area (Å²) in [6.45, 7) is 2.07. The fourth-order valence-electron chi connectivity index (χ4n) is 2.73. The third-order valence-corrected chi connectivity index (χ3v) is 4.42. The molecular weight excluding hydrogens is 342 g/mol. The van der Waals surface area contributed by atoms with Crippen LogP contribution in [-0.2, 0) is 4.79 Å². The number of rotatable bonds is 18. The van der Waals surface area contributed by atoms with Gasteiger partial charge in [-0.15, -0.1) is 0 Å². The van der Waals surface area contributed by atoms with Gasteiger partial charge in [-0.25, -0.2) is 0 Å². The topological polar surface area (TPSA) is 80.4 Å². The molecule has 0 saturated heterocycles. The Morgan fingerprint density at radius 2 is 1.74 bits per heavy atom. The second-order valence-electron chi connectivity index (χ2n) is 6.81. The van der Waals surface area contributed by atoms with E-state index in [1.165, 1.54) is 0 Å². The van der Waals surface area contributed by atoms with Crippen molar-refractivity contribution >= 4 is 6.29 Å². The van der Waals surface area contributed by atoms with E-state index in [-0.39, 0.29) is 11.3 Å². The van der Waals surface area contributed by atoms with E-state index in [1.807, 2.05) is 30.6 Å². The lowest BCUT2D eigenvalue weighted by Crippen LogP contribution is -2.33. The van der Waals surface area contributed by atoms with Crippen LogP contribution in [0.25, 0.3) is 0 Å². The lowest BCUT2D eigenvalue weighted by Gasteiger charge is -2.14. The quantitative estimate of drug-likeness (QED) is 0.113. The van der Waals surface area contributed by atoms with Gasteiger partial charge in [-0.05, 0) is 32.1 Å². The third kappa shape index (κ3) is 16.2. The molecule has 0 bridgehead atoms. The molecule has 5 nitrogen and oxygen atoms in total. The zero-order valence-electron chi connectivity index (χ0n) is 16.7. The van der Waals surface area contributed by atoms with Crippen LogP contribution in [0.15, 0.2) is 36.5 Å². The van der Waals surface area contributed by atoms with Crippen molar-refractivity contribution in [1.82, 2.24) is 0 Å². The normalized spacial score (nSPS) is 14.3. The van der Waals surface area contributed by atoms with Gasteiger partial charge in [-0.3, -0.25) is 14.9 Å². The van der Waals surface area contributed by atoms with E-state index < -0.39 is 12.1 Å². The molecule has 153 valence electrons. The first kappa shape index (κ1) is 25.2. The number of allylic oxidation sites excluding steroid dienone is 5. The Balaban J connectivity index is 3.88. The number of carbonyl (C=O) groups excluding carboxylic acids is 1. The Morgan fingerprint density at radius 1 is 1.00 bits per heavy atom. The van der Waals surface area contributed by atoms with Gasteiger partial charge < -0.3 is 5.11 Å². The highest BCUT2D eigenvalue weighted by Gasteiger charge is 2.27. The second kappa shape index (κ2) is 19.0. The van der Waals surface area contributed by atoms with Gasteiger partial charge in [0.2, 0.25) is 6.04 Å². The Bertz CT molecular complexity index is 457. The molecule has 5 heteroatoms. The van der Waals surface area contributed by atoms with Gasteiger partial charge in [0.1, 0.15) is 6.10 Å². The maximum atomic E-state index is 11.1. The van der Waals surface area contributed by atoms with Gasteiger partial charge in [0.15, 0.2) is 6.29 Å². The zero-order chi connectivity index (χ0) is 20.2. The molecule has 0 amide bonds. The van der Waals surface area contributed by atoms with Gasteiger partial charge in [-0.2, -0.15) is 0 Å². The molecule has 0 saturated carbocycles. The summed E-state index contributed by atoms with van der Waals surface area (Å²) in [5, 5.41) is 21.1. The predicted molar refractivity (Wildman–Crippen MR) is 111 cm³/mol. The van der Waals surface area contributed by atoms with Gasteiger partial charge in [0, 0.05) is 17.8 Å². The number of unbranched alkanes of at least 4 members (excludes halogenated alkanes) is 7. The first-order chi connectivity index (χ1) is 13.1. The second-order valence-corrected chi connectivity index (χ2v) is 6.81. The summed E-state index contributed by atoms with van der Waals surface area (Å²) >= 11 is 0. The maximum absolute atomic E-state index is 11.1. The minimum absolute atomic E-state index is 0.270. The van der Waals surface area contributed by atoms with E-state index in [9.17, 15) is 20.0 Å². The molecule has 0 fully saturated rings. The third-order valence-electron chi connectivity index (χ3n) is 4.42. The number of nitrogens with zero attached hydrogens (tertiary/aromatic N) is 1. The highest BCUT2D eigenvalue weighted by atomic mass is 16.6. The van der Waals surface area contributed by atoms with Gasteiger partial charge in [0.05, 0.1) is 0 Å². The van der Waals surface area contributed by atoms with Crippen LogP contribution in [0.5, 0.6) is 0 Å². The molecule has 2 unspecified atom stereocenters. The molecule has 0 aromatic rings. The molecule has 0 aromatic heterocycles. The standard InChI is InChI=1S/C22H36NO4/c1-2-3-15-19-22(25)21(23(26)27)18-16-13-11-9-7-5-4-6-8-10-12-14-17-20-24/h4-5,7,9,13,16,21-22,25H,2-3,6,8,10-12,14-15,17-19H2,1H3/b5-4-,9-7-,16-13-. The SMILES string of the molecule is CCCCCC(O)C(C/C=C\C/C=C\C=C/CCCCCC[C]=O)[N+](=O)[O-]. The van der Waals surface area contributed by atoms with Gasteiger partial charge >= 0.3 is 0 Å². The summed E-state index contributed by atoms with van der Waals surface area (Å²) in [6, 6.07) is -0.911. The Morgan fingerprint density at radius 3 is 2.44 bits per heavy atom. The van der Waals surface area contributed by atoms with E-state index in [1.54, 1.807) is 6.08 Å². The van der Waals surface area contributed by atoms with Crippen LogP contribution < -0.4 is 0 Å².